The van der Waals surface area contributed by atoms with E-state index in [1.807, 2.05) is 0 Å². The fourth-order valence-corrected chi connectivity index (χ4v) is 2.55. The number of rotatable bonds is 4. The number of hydrogen-bond acceptors (Lipinski definition) is 5. The van der Waals surface area contributed by atoms with E-state index in [0.717, 1.165) is 26.2 Å². The van der Waals surface area contributed by atoms with Gasteiger partial charge >= 0.3 is 0 Å². The molecule has 1 atom stereocenters. The van der Waals surface area contributed by atoms with Crippen LogP contribution in [0.15, 0.2) is 24.8 Å². The van der Waals surface area contributed by atoms with Gasteiger partial charge in [-0.3, -0.25) is 4.90 Å². The number of piperazine rings is 1. The second kappa shape index (κ2) is 5.95. The van der Waals surface area contributed by atoms with E-state index in [1.54, 1.807) is 6.08 Å². The molecule has 1 heterocycles. The van der Waals surface area contributed by atoms with Crippen LogP contribution < -0.4 is 5.32 Å². The first-order chi connectivity index (χ1) is 9.13. The Balaban J connectivity index is 2.35. The van der Waals surface area contributed by atoms with Crippen LogP contribution in [0, 0.1) is 0 Å². The van der Waals surface area contributed by atoms with E-state index in [1.165, 1.54) is 12.1 Å². The maximum absolute atomic E-state index is 10.0. The van der Waals surface area contributed by atoms with Gasteiger partial charge in [0.2, 0.25) is 0 Å². The van der Waals surface area contributed by atoms with Gasteiger partial charge in [0.25, 0.3) is 0 Å². The molecule has 0 amide bonds. The summed E-state index contributed by atoms with van der Waals surface area (Å²) in [5.41, 5.74) is 0.458. The van der Waals surface area contributed by atoms with Crippen molar-refractivity contribution in [2.24, 2.45) is 0 Å². The van der Waals surface area contributed by atoms with Crippen LogP contribution in [0.2, 0.25) is 0 Å². The average Bonchev–Trinajstić information content (AvgIpc) is 2.37. The van der Waals surface area contributed by atoms with Crippen molar-refractivity contribution in [1.82, 2.24) is 10.2 Å². The van der Waals surface area contributed by atoms with Gasteiger partial charge in [-0.05, 0) is 6.42 Å². The van der Waals surface area contributed by atoms with Gasteiger partial charge in [-0.15, -0.1) is 6.58 Å². The number of aromatic hydroxyl groups is 3. The molecular formula is C14H20N2O3. The molecule has 0 radical (unpaired) electrons. The van der Waals surface area contributed by atoms with Crippen LogP contribution >= 0.6 is 0 Å². The summed E-state index contributed by atoms with van der Waals surface area (Å²) in [5, 5.41) is 32.7. The third kappa shape index (κ3) is 3.00. The zero-order valence-electron chi connectivity index (χ0n) is 10.8. The molecule has 104 valence electrons. The molecule has 1 aromatic carbocycles. The van der Waals surface area contributed by atoms with Crippen LogP contribution in [0.1, 0.15) is 18.0 Å². The topological polar surface area (TPSA) is 76.0 Å². The maximum Gasteiger partial charge on any atom is 0.127 e. The standard InChI is InChI=1S/C14H20N2O3/c1-2-3-11(16-6-4-15-5-7-16)14-12(18)8-10(17)9-13(14)19/h2,8-9,11,15,17-19H,1,3-7H2/t11-/m1/s1. The second-order valence-corrected chi connectivity index (χ2v) is 4.72. The van der Waals surface area contributed by atoms with E-state index >= 15 is 0 Å². The predicted octanol–water partition coefficient (Wildman–Crippen LogP) is 1.33. The molecule has 1 aliphatic heterocycles. The molecule has 0 spiro atoms. The van der Waals surface area contributed by atoms with E-state index in [-0.39, 0.29) is 23.3 Å². The van der Waals surface area contributed by atoms with E-state index in [0.29, 0.717) is 12.0 Å². The van der Waals surface area contributed by atoms with Crippen LogP contribution in [-0.2, 0) is 0 Å². The summed E-state index contributed by atoms with van der Waals surface area (Å²) in [4.78, 5) is 2.20. The number of nitrogens with zero attached hydrogens (tertiary/aromatic N) is 1. The largest absolute Gasteiger partial charge is 0.508 e. The van der Waals surface area contributed by atoms with Crippen molar-refractivity contribution >= 4 is 0 Å². The summed E-state index contributed by atoms with van der Waals surface area (Å²) < 4.78 is 0. The first kappa shape index (κ1) is 13.7. The first-order valence-electron chi connectivity index (χ1n) is 6.44. The van der Waals surface area contributed by atoms with Gasteiger partial charge in [0, 0.05) is 44.4 Å². The molecule has 0 unspecified atom stereocenters. The van der Waals surface area contributed by atoms with Gasteiger partial charge in [-0.1, -0.05) is 6.08 Å². The van der Waals surface area contributed by atoms with E-state index in [9.17, 15) is 15.3 Å². The van der Waals surface area contributed by atoms with Crippen molar-refractivity contribution in [3.8, 4) is 17.2 Å². The smallest absolute Gasteiger partial charge is 0.127 e. The molecule has 1 aromatic rings. The zero-order valence-corrected chi connectivity index (χ0v) is 10.8. The van der Waals surface area contributed by atoms with Gasteiger partial charge in [0.1, 0.15) is 17.2 Å². The molecule has 0 aliphatic carbocycles. The fraction of sp³-hybridized carbons (Fsp3) is 0.429. The summed E-state index contributed by atoms with van der Waals surface area (Å²) >= 11 is 0. The van der Waals surface area contributed by atoms with Gasteiger partial charge in [0.05, 0.1) is 5.56 Å². The highest BCUT2D eigenvalue weighted by atomic mass is 16.3. The van der Waals surface area contributed by atoms with Crippen molar-refractivity contribution in [1.29, 1.82) is 0 Å². The molecular weight excluding hydrogens is 244 g/mol. The molecule has 5 heteroatoms. The highest BCUT2D eigenvalue weighted by Crippen LogP contribution is 2.40. The van der Waals surface area contributed by atoms with E-state index in [4.69, 9.17) is 0 Å². The molecule has 19 heavy (non-hydrogen) atoms. The Bertz CT molecular complexity index is 433. The Morgan fingerprint density at radius 3 is 2.32 bits per heavy atom. The Kier molecular flexibility index (Phi) is 4.29. The average molecular weight is 264 g/mol. The van der Waals surface area contributed by atoms with Crippen LogP contribution in [0.25, 0.3) is 0 Å². The molecule has 0 aromatic heterocycles. The van der Waals surface area contributed by atoms with Crippen molar-refractivity contribution < 1.29 is 15.3 Å². The summed E-state index contributed by atoms with van der Waals surface area (Å²) in [6.07, 6.45) is 2.41. The lowest BCUT2D eigenvalue weighted by atomic mass is 9.98. The highest BCUT2D eigenvalue weighted by molar-refractivity contribution is 5.50. The quantitative estimate of drug-likeness (QED) is 0.617. The predicted molar refractivity (Wildman–Crippen MR) is 73.4 cm³/mol. The lowest BCUT2D eigenvalue weighted by molar-refractivity contribution is 0.169. The Hall–Kier alpha value is -1.72. The zero-order chi connectivity index (χ0) is 13.8. The summed E-state index contributed by atoms with van der Waals surface area (Å²) in [5.74, 6) is -0.304. The SMILES string of the molecule is C=CC[C@H](c1c(O)cc(O)cc1O)N1CCNCC1. The molecule has 0 bridgehead atoms. The van der Waals surface area contributed by atoms with Crippen molar-refractivity contribution in [3.05, 3.63) is 30.4 Å². The number of phenolic OH excluding ortho intramolecular Hbond substituents is 3. The normalized spacial score (nSPS) is 18.1. The van der Waals surface area contributed by atoms with Crippen LogP contribution in [0.4, 0.5) is 0 Å². The molecule has 0 saturated carbocycles. The Morgan fingerprint density at radius 1 is 1.21 bits per heavy atom. The third-order valence-electron chi connectivity index (χ3n) is 3.44. The number of hydrogen-bond donors (Lipinski definition) is 4. The summed E-state index contributed by atoms with van der Waals surface area (Å²) in [6.45, 7) is 7.20. The van der Waals surface area contributed by atoms with Crippen molar-refractivity contribution in [2.75, 3.05) is 26.2 Å². The Morgan fingerprint density at radius 2 is 1.79 bits per heavy atom. The molecule has 2 rings (SSSR count). The van der Waals surface area contributed by atoms with Crippen LogP contribution in [-0.4, -0.2) is 46.4 Å². The Labute approximate surface area is 112 Å². The number of phenols is 3. The molecule has 5 nitrogen and oxygen atoms in total. The maximum atomic E-state index is 10.0. The second-order valence-electron chi connectivity index (χ2n) is 4.72. The van der Waals surface area contributed by atoms with E-state index in [2.05, 4.69) is 16.8 Å². The van der Waals surface area contributed by atoms with Gasteiger partial charge in [-0.25, -0.2) is 0 Å². The fourth-order valence-electron chi connectivity index (χ4n) is 2.55. The molecule has 1 saturated heterocycles. The van der Waals surface area contributed by atoms with Gasteiger partial charge in [0.15, 0.2) is 0 Å². The minimum absolute atomic E-state index is 0.0807. The van der Waals surface area contributed by atoms with Crippen molar-refractivity contribution in [2.45, 2.75) is 12.5 Å². The molecule has 4 N–H and O–H groups in total. The molecule has 1 fully saturated rings. The number of benzene rings is 1. The van der Waals surface area contributed by atoms with E-state index < -0.39 is 0 Å². The summed E-state index contributed by atoms with van der Waals surface area (Å²) in [6, 6.07) is 2.39. The third-order valence-corrected chi connectivity index (χ3v) is 3.44. The summed E-state index contributed by atoms with van der Waals surface area (Å²) in [7, 11) is 0. The lowest BCUT2D eigenvalue weighted by Gasteiger charge is -2.35. The van der Waals surface area contributed by atoms with Crippen molar-refractivity contribution in [3.63, 3.8) is 0 Å². The lowest BCUT2D eigenvalue weighted by Crippen LogP contribution is -2.45. The molecule has 1 aliphatic rings. The monoisotopic (exact) mass is 264 g/mol. The minimum Gasteiger partial charge on any atom is -0.508 e. The minimum atomic E-state index is -0.142. The number of nitrogens with one attached hydrogen (secondary N) is 1. The van der Waals surface area contributed by atoms with Gasteiger partial charge < -0.3 is 20.6 Å². The van der Waals surface area contributed by atoms with Crippen LogP contribution in [0.5, 0.6) is 17.2 Å². The highest BCUT2D eigenvalue weighted by Gasteiger charge is 2.26. The first-order valence-corrected chi connectivity index (χ1v) is 6.44. The van der Waals surface area contributed by atoms with Crippen LogP contribution in [0.3, 0.4) is 0 Å². The van der Waals surface area contributed by atoms with Gasteiger partial charge in [-0.2, -0.15) is 0 Å².